The van der Waals surface area contributed by atoms with Crippen molar-refractivity contribution in [2.75, 3.05) is 6.26 Å². The molecule has 0 aliphatic carbocycles. The van der Waals surface area contributed by atoms with Crippen molar-refractivity contribution in [2.24, 2.45) is 0 Å². The first-order valence-electron chi connectivity index (χ1n) is 7.41. The lowest BCUT2D eigenvalue weighted by Crippen LogP contribution is -2.00. The van der Waals surface area contributed by atoms with E-state index in [1.54, 1.807) is 42.2 Å². The fourth-order valence-corrected chi connectivity index (χ4v) is 4.16. The smallest absolute Gasteiger partial charge is 0.282 e. The molecule has 0 fully saturated rings. The van der Waals surface area contributed by atoms with Gasteiger partial charge in [0, 0.05) is 10.9 Å². The summed E-state index contributed by atoms with van der Waals surface area (Å²) in [5, 5.41) is 2.10. The van der Waals surface area contributed by atoms with E-state index in [0.29, 0.717) is 5.56 Å². The van der Waals surface area contributed by atoms with E-state index in [2.05, 4.69) is 22.5 Å². The van der Waals surface area contributed by atoms with Gasteiger partial charge in [0.2, 0.25) is 0 Å². The minimum Gasteiger partial charge on any atom is -0.282 e. The second kappa shape index (κ2) is 8.62. The molecule has 0 atom stereocenters. The normalized spacial score (nSPS) is 10.9. The van der Waals surface area contributed by atoms with Gasteiger partial charge in [-0.3, -0.25) is 4.55 Å². The van der Waals surface area contributed by atoms with Crippen LogP contribution in [0, 0.1) is 13.8 Å². The van der Waals surface area contributed by atoms with E-state index in [1.165, 1.54) is 11.6 Å². The summed E-state index contributed by atoms with van der Waals surface area (Å²) in [5.74, 6) is 0. The van der Waals surface area contributed by atoms with Crippen LogP contribution in [0.15, 0.2) is 63.1 Å². The van der Waals surface area contributed by atoms with Gasteiger partial charge in [-0.15, -0.1) is 11.3 Å². The molecule has 7 heteroatoms. The van der Waals surface area contributed by atoms with Gasteiger partial charge >= 0.3 is 0 Å². The number of aryl methyl sites for hydroxylation is 2. The quantitative estimate of drug-likeness (QED) is 0.496. The van der Waals surface area contributed by atoms with Crippen molar-refractivity contribution in [1.29, 1.82) is 0 Å². The predicted octanol–water partition coefficient (Wildman–Crippen LogP) is 5.08. The van der Waals surface area contributed by atoms with Crippen molar-refractivity contribution in [3.63, 3.8) is 0 Å². The van der Waals surface area contributed by atoms with E-state index in [4.69, 9.17) is 4.55 Å². The second-order valence-electron chi connectivity index (χ2n) is 5.31. The zero-order valence-corrected chi connectivity index (χ0v) is 16.6. The average molecular weight is 394 g/mol. The van der Waals surface area contributed by atoms with Gasteiger partial charge in [0.1, 0.15) is 4.34 Å². The molecule has 2 aromatic carbocycles. The van der Waals surface area contributed by atoms with Crippen LogP contribution in [0.3, 0.4) is 0 Å². The molecule has 0 saturated heterocycles. The largest absolute Gasteiger partial charge is 0.294 e. The molecule has 3 rings (SSSR count). The highest BCUT2D eigenvalue weighted by Crippen LogP contribution is 2.26. The minimum absolute atomic E-state index is 0.0203. The van der Waals surface area contributed by atoms with Crippen molar-refractivity contribution in [1.82, 2.24) is 4.98 Å². The van der Waals surface area contributed by atoms with Gasteiger partial charge in [-0.25, -0.2) is 4.98 Å². The molecule has 0 radical (unpaired) electrons. The zero-order chi connectivity index (χ0) is 18.4. The monoisotopic (exact) mass is 393 g/mol. The van der Waals surface area contributed by atoms with E-state index >= 15 is 0 Å². The zero-order valence-electron chi connectivity index (χ0n) is 14.1. The number of hydrogen-bond acceptors (Lipinski definition) is 5. The number of aromatic nitrogens is 1. The third-order valence-corrected chi connectivity index (χ3v) is 6.21. The Bertz CT molecular complexity index is 935. The lowest BCUT2D eigenvalue weighted by molar-refractivity contribution is 0.482. The SMILES string of the molecule is CSc1nc(-c2ccccc2)cs1.Cc1ccc(S(=O)(=O)O)c(C)c1. The Morgan fingerprint density at radius 2 is 1.76 bits per heavy atom. The molecule has 1 heterocycles. The van der Waals surface area contributed by atoms with Crippen LogP contribution in [0.5, 0.6) is 0 Å². The molecular weight excluding hydrogens is 374 g/mol. The molecule has 25 heavy (non-hydrogen) atoms. The van der Waals surface area contributed by atoms with Crippen molar-refractivity contribution >= 4 is 33.2 Å². The van der Waals surface area contributed by atoms with E-state index in [9.17, 15) is 8.42 Å². The Labute approximate surface area is 156 Å². The molecule has 0 bridgehead atoms. The number of thioether (sulfide) groups is 1. The molecule has 0 saturated carbocycles. The summed E-state index contributed by atoms with van der Waals surface area (Å²) < 4.78 is 31.3. The average Bonchev–Trinajstić information content (AvgIpc) is 3.04. The summed E-state index contributed by atoms with van der Waals surface area (Å²) >= 11 is 3.39. The number of hydrogen-bond donors (Lipinski definition) is 1. The maximum atomic E-state index is 10.7. The molecule has 0 amide bonds. The topological polar surface area (TPSA) is 67.3 Å². The Kier molecular flexibility index (Phi) is 6.78. The van der Waals surface area contributed by atoms with Gasteiger partial charge < -0.3 is 0 Å². The van der Waals surface area contributed by atoms with Crippen LogP contribution in [0.2, 0.25) is 0 Å². The first kappa shape index (κ1) is 19.7. The molecule has 3 aromatic rings. The van der Waals surface area contributed by atoms with Crippen LogP contribution in [0.4, 0.5) is 0 Å². The Morgan fingerprint density at radius 1 is 1.08 bits per heavy atom. The second-order valence-corrected chi connectivity index (χ2v) is 8.61. The molecule has 1 aromatic heterocycles. The van der Waals surface area contributed by atoms with Crippen LogP contribution < -0.4 is 0 Å². The summed E-state index contributed by atoms with van der Waals surface area (Å²) in [4.78, 5) is 4.46. The van der Waals surface area contributed by atoms with E-state index in [0.717, 1.165) is 15.6 Å². The van der Waals surface area contributed by atoms with Crippen LogP contribution in [0.1, 0.15) is 11.1 Å². The van der Waals surface area contributed by atoms with Crippen molar-refractivity contribution < 1.29 is 13.0 Å². The summed E-state index contributed by atoms with van der Waals surface area (Å²) in [6, 6.07) is 15.0. The van der Waals surface area contributed by atoms with Crippen molar-refractivity contribution in [3.05, 3.63) is 65.0 Å². The summed E-state index contributed by atoms with van der Waals surface area (Å²) in [6.07, 6.45) is 2.05. The first-order chi connectivity index (χ1) is 11.8. The third-order valence-electron chi connectivity index (χ3n) is 3.34. The standard InChI is InChI=1S/C10H9NS2.C8H10O3S/c1-12-10-11-9(7-13-10)8-5-3-2-4-6-8;1-6-3-4-8(7(2)5-6)12(9,10)11/h2-7H,1H3;3-5H,1-2H3,(H,9,10,11). The van der Waals surface area contributed by atoms with E-state index < -0.39 is 10.1 Å². The molecule has 0 aliphatic rings. The van der Waals surface area contributed by atoms with Crippen molar-refractivity contribution in [3.8, 4) is 11.3 Å². The lowest BCUT2D eigenvalue weighted by atomic mass is 10.2. The molecule has 1 N–H and O–H groups in total. The fraction of sp³-hybridized carbons (Fsp3) is 0.167. The minimum atomic E-state index is -4.05. The van der Waals surface area contributed by atoms with Crippen LogP contribution >= 0.6 is 23.1 Å². The highest BCUT2D eigenvalue weighted by atomic mass is 32.2. The maximum absolute atomic E-state index is 10.7. The summed E-state index contributed by atoms with van der Waals surface area (Å²) in [5.41, 5.74) is 3.81. The van der Waals surface area contributed by atoms with Gasteiger partial charge in [-0.2, -0.15) is 8.42 Å². The summed E-state index contributed by atoms with van der Waals surface area (Å²) in [7, 11) is -4.05. The van der Waals surface area contributed by atoms with Gasteiger partial charge in [0.05, 0.1) is 10.6 Å². The van der Waals surface area contributed by atoms with Gasteiger partial charge in [0.15, 0.2) is 0 Å². The number of nitrogens with zero attached hydrogens (tertiary/aromatic N) is 1. The van der Waals surface area contributed by atoms with Gasteiger partial charge in [0.25, 0.3) is 10.1 Å². The number of benzene rings is 2. The van der Waals surface area contributed by atoms with Crippen LogP contribution in [-0.4, -0.2) is 24.2 Å². The van der Waals surface area contributed by atoms with Crippen molar-refractivity contribution in [2.45, 2.75) is 23.1 Å². The highest BCUT2D eigenvalue weighted by molar-refractivity contribution is 8.00. The van der Waals surface area contributed by atoms with Gasteiger partial charge in [-0.1, -0.05) is 59.8 Å². The van der Waals surface area contributed by atoms with Gasteiger partial charge in [-0.05, 0) is 31.7 Å². The molecule has 0 aliphatic heterocycles. The lowest BCUT2D eigenvalue weighted by Gasteiger charge is -2.02. The maximum Gasteiger partial charge on any atom is 0.294 e. The molecule has 4 nitrogen and oxygen atoms in total. The number of thiazole rings is 1. The highest BCUT2D eigenvalue weighted by Gasteiger charge is 2.11. The summed E-state index contributed by atoms with van der Waals surface area (Å²) in [6.45, 7) is 3.51. The fourth-order valence-electron chi connectivity index (χ4n) is 2.18. The van der Waals surface area contributed by atoms with E-state index in [-0.39, 0.29) is 4.90 Å². The molecule has 0 unspecified atom stereocenters. The Hall–Kier alpha value is -1.67. The Balaban J connectivity index is 0.000000181. The number of rotatable bonds is 3. The predicted molar refractivity (Wildman–Crippen MR) is 105 cm³/mol. The molecular formula is C18H19NO3S3. The Morgan fingerprint density at radius 3 is 2.28 bits per heavy atom. The molecule has 0 spiro atoms. The van der Waals surface area contributed by atoms with Crippen LogP contribution in [-0.2, 0) is 10.1 Å². The third kappa shape index (κ3) is 5.67. The first-order valence-corrected chi connectivity index (χ1v) is 11.0. The van der Waals surface area contributed by atoms with E-state index in [1.807, 2.05) is 31.4 Å². The molecule has 132 valence electrons. The van der Waals surface area contributed by atoms with Crippen LogP contribution in [0.25, 0.3) is 11.3 Å².